The van der Waals surface area contributed by atoms with E-state index in [1.165, 1.54) is 30.3 Å². The van der Waals surface area contributed by atoms with Gasteiger partial charge in [-0.2, -0.15) is 13.2 Å². The van der Waals surface area contributed by atoms with Gasteiger partial charge in [0.2, 0.25) is 0 Å². The average Bonchev–Trinajstić information content (AvgIpc) is 2.46. The third-order valence-corrected chi connectivity index (χ3v) is 3.37. The van der Waals surface area contributed by atoms with Crippen LogP contribution in [0.5, 0.6) is 0 Å². The van der Waals surface area contributed by atoms with E-state index < -0.39 is 29.5 Å². The van der Waals surface area contributed by atoms with Crippen molar-refractivity contribution in [2.75, 3.05) is 10.6 Å². The van der Waals surface area contributed by atoms with Crippen LogP contribution in [0.3, 0.4) is 0 Å². The summed E-state index contributed by atoms with van der Waals surface area (Å²) in [4.78, 5) is 12.0. The van der Waals surface area contributed by atoms with E-state index in [4.69, 9.17) is 0 Å². The third kappa shape index (κ3) is 2.61. The second kappa shape index (κ2) is 5.01. The molecule has 1 aliphatic heterocycles. The van der Waals surface area contributed by atoms with E-state index in [1.807, 2.05) is 0 Å². The van der Waals surface area contributed by atoms with Crippen LogP contribution in [0, 0.1) is 5.82 Å². The maximum absolute atomic E-state index is 13.2. The Labute approximate surface area is 123 Å². The number of hydrogen-bond acceptors (Lipinski definition) is 2. The van der Waals surface area contributed by atoms with Crippen molar-refractivity contribution in [3.8, 4) is 0 Å². The molecule has 1 aliphatic rings. The number of carbonyl (C=O) groups is 1. The van der Waals surface area contributed by atoms with Crippen molar-refractivity contribution in [2.45, 2.75) is 12.2 Å². The van der Waals surface area contributed by atoms with Gasteiger partial charge < -0.3 is 10.6 Å². The van der Waals surface area contributed by atoms with Gasteiger partial charge in [0.05, 0.1) is 16.9 Å². The topological polar surface area (TPSA) is 41.1 Å². The van der Waals surface area contributed by atoms with Crippen molar-refractivity contribution in [1.29, 1.82) is 0 Å². The van der Waals surface area contributed by atoms with E-state index in [2.05, 4.69) is 10.6 Å². The Balaban J connectivity index is 1.91. The Kier molecular flexibility index (Phi) is 3.27. The summed E-state index contributed by atoms with van der Waals surface area (Å²) in [6.45, 7) is 0. The van der Waals surface area contributed by atoms with Crippen molar-refractivity contribution in [3.63, 3.8) is 0 Å². The van der Waals surface area contributed by atoms with Gasteiger partial charge in [-0.3, -0.25) is 4.79 Å². The first-order chi connectivity index (χ1) is 10.3. The normalized spacial score (nSPS) is 17.5. The monoisotopic (exact) mass is 310 g/mol. The number of carbonyl (C=O) groups excluding carboxylic acids is 1. The fourth-order valence-corrected chi connectivity index (χ4v) is 2.27. The SMILES string of the molecule is O=C1Nc2ccc(F)cc2N[C@@H]1c1ccc(C(F)(F)F)cc1. The molecule has 114 valence electrons. The molecule has 0 spiro atoms. The number of alkyl halides is 3. The number of hydrogen-bond donors (Lipinski definition) is 2. The van der Waals surface area contributed by atoms with Gasteiger partial charge in [0.15, 0.2) is 0 Å². The molecule has 2 aromatic rings. The first-order valence-electron chi connectivity index (χ1n) is 6.39. The number of halogens is 4. The molecule has 1 amide bonds. The molecular weight excluding hydrogens is 300 g/mol. The molecule has 2 N–H and O–H groups in total. The summed E-state index contributed by atoms with van der Waals surface area (Å²) in [7, 11) is 0. The maximum atomic E-state index is 13.2. The van der Waals surface area contributed by atoms with Gasteiger partial charge in [-0.25, -0.2) is 4.39 Å². The molecule has 2 aromatic carbocycles. The maximum Gasteiger partial charge on any atom is 0.416 e. The van der Waals surface area contributed by atoms with Gasteiger partial charge in [0.25, 0.3) is 5.91 Å². The zero-order valence-electron chi connectivity index (χ0n) is 11.0. The van der Waals surface area contributed by atoms with Crippen LogP contribution in [0.2, 0.25) is 0 Å². The zero-order valence-corrected chi connectivity index (χ0v) is 11.0. The Hall–Kier alpha value is -2.57. The molecule has 0 bridgehead atoms. The van der Waals surface area contributed by atoms with Gasteiger partial charge in [0.1, 0.15) is 11.9 Å². The molecule has 0 fully saturated rings. The van der Waals surface area contributed by atoms with Gasteiger partial charge in [-0.15, -0.1) is 0 Å². The summed E-state index contributed by atoms with van der Waals surface area (Å²) in [6.07, 6.45) is -4.43. The molecule has 0 unspecified atom stereocenters. The van der Waals surface area contributed by atoms with E-state index in [0.717, 1.165) is 12.1 Å². The summed E-state index contributed by atoms with van der Waals surface area (Å²) in [5.41, 5.74) is 0.374. The average molecular weight is 310 g/mol. The molecular formula is C15H10F4N2O. The summed E-state index contributed by atoms with van der Waals surface area (Å²) in [6, 6.07) is 7.23. The van der Waals surface area contributed by atoms with Crippen molar-refractivity contribution in [1.82, 2.24) is 0 Å². The van der Waals surface area contributed by atoms with Gasteiger partial charge in [-0.1, -0.05) is 12.1 Å². The van der Waals surface area contributed by atoms with Gasteiger partial charge >= 0.3 is 6.18 Å². The predicted molar refractivity (Wildman–Crippen MR) is 72.8 cm³/mol. The number of fused-ring (bicyclic) bond motifs is 1. The molecule has 1 heterocycles. The molecule has 0 radical (unpaired) electrons. The van der Waals surface area contributed by atoms with Crippen molar-refractivity contribution in [3.05, 3.63) is 59.4 Å². The summed E-state index contributed by atoms with van der Waals surface area (Å²) >= 11 is 0. The minimum absolute atomic E-state index is 0.361. The lowest BCUT2D eigenvalue weighted by molar-refractivity contribution is -0.137. The van der Waals surface area contributed by atoms with E-state index in [0.29, 0.717) is 16.9 Å². The molecule has 0 aromatic heterocycles. The first-order valence-corrected chi connectivity index (χ1v) is 6.39. The molecule has 3 rings (SSSR count). The first kappa shape index (κ1) is 14.4. The van der Waals surface area contributed by atoms with Crippen LogP contribution in [0.1, 0.15) is 17.2 Å². The second-order valence-corrected chi connectivity index (χ2v) is 4.88. The highest BCUT2D eigenvalue weighted by Gasteiger charge is 2.32. The van der Waals surface area contributed by atoms with Crippen LogP contribution in [0.4, 0.5) is 28.9 Å². The number of anilines is 2. The molecule has 1 atom stereocenters. The van der Waals surface area contributed by atoms with Crippen molar-refractivity contribution >= 4 is 17.3 Å². The standard InChI is InChI=1S/C15H10F4N2O/c16-10-5-6-11-12(7-10)20-13(14(22)21-11)8-1-3-9(4-2-8)15(17,18)19/h1-7,13,20H,(H,21,22)/t13-/m1/s1. The van der Waals surface area contributed by atoms with Gasteiger partial charge in [0, 0.05) is 0 Å². The predicted octanol–water partition coefficient (Wildman–Crippen LogP) is 3.95. The Morgan fingerprint density at radius 3 is 2.27 bits per heavy atom. The number of amides is 1. The third-order valence-electron chi connectivity index (χ3n) is 3.37. The van der Waals surface area contributed by atoms with E-state index >= 15 is 0 Å². The summed E-state index contributed by atoms with van der Waals surface area (Å²) in [5.74, 6) is -0.896. The molecule has 0 aliphatic carbocycles. The minimum atomic E-state index is -4.43. The van der Waals surface area contributed by atoms with Gasteiger partial charge in [-0.05, 0) is 35.9 Å². The van der Waals surface area contributed by atoms with Crippen molar-refractivity contribution < 1.29 is 22.4 Å². The minimum Gasteiger partial charge on any atom is -0.368 e. The fourth-order valence-electron chi connectivity index (χ4n) is 2.27. The lowest BCUT2D eigenvalue weighted by Crippen LogP contribution is -2.32. The second-order valence-electron chi connectivity index (χ2n) is 4.88. The van der Waals surface area contributed by atoms with Crippen LogP contribution in [-0.2, 0) is 11.0 Å². The highest BCUT2D eigenvalue weighted by Crippen LogP contribution is 2.34. The van der Waals surface area contributed by atoms with E-state index in [9.17, 15) is 22.4 Å². The largest absolute Gasteiger partial charge is 0.416 e. The molecule has 0 saturated carbocycles. The van der Waals surface area contributed by atoms with Crippen LogP contribution in [0.15, 0.2) is 42.5 Å². The van der Waals surface area contributed by atoms with Crippen LogP contribution in [0.25, 0.3) is 0 Å². The quantitative estimate of drug-likeness (QED) is 0.783. The highest BCUT2D eigenvalue weighted by atomic mass is 19.4. The van der Waals surface area contributed by atoms with E-state index in [1.54, 1.807) is 0 Å². The summed E-state index contributed by atoms with van der Waals surface area (Å²) in [5, 5.41) is 5.42. The summed E-state index contributed by atoms with van der Waals surface area (Å²) < 4.78 is 50.9. The Morgan fingerprint density at radius 1 is 0.955 bits per heavy atom. The van der Waals surface area contributed by atoms with Crippen LogP contribution >= 0.6 is 0 Å². The number of benzene rings is 2. The van der Waals surface area contributed by atoms with E-state index in [-0.39, 0.29) is 0 Å². The van der Waals surface area contributed by atoms with Crippen LogP contribution in [-0.4, -0.2) is 5.91 Å². The number of rotatable bonds is 1. The smallest absolute Gasteiger partial charge is 0.368 e. The molecule has 7 heteroatoms. The fraction of sp³-hybridized carbons (Fsp3) is 0.133. The molecule has 22 heavy (non-hydrogen) atoms. The highest BCUT2D eigenvalue weighted by molar-refractivity contribution is 6.03. The van der Waals surface area contributed by atoms with Crippen LogP contribution < -0.4 is 10.6 Å². The molecule has 0 saturated heterocycles. The Morgan fingerprint density at radius 2 is 1.64 bits per heavy atom. The lowest BCUT2D eigenvalue weighted by Gasteiger charge is -2.27. The van der Waals surface area contributed by atoms with Crippen molar-refractivity contribution in [2.24, 2.45) is 0 Å². The number of nitrogens with one attached hydrogen (secondary N) is 2. The Bertz CT molecular complexity index is 725. The molecule has 3 nitrogen and oxygen atoms in total. The zero-order chi connectivity index (χ0) is 15.9. The lowest BCUT2D eigenvalue weighted by atomic mass is 10.0.